The molecule has 0 radical (unpaired) electrons. The average Bonchev–Trinajstić information content (AvgIpc) is 3.02. The number of sulfone groups is 2. The van der Waals surface area contributed by atoms with Crippen LogP contribution in [0.5, 0.6) is 0 Å². The summed E-state index contributed by atoms with van der Waals surface area (Å²) in [4.78, 5) is -0.0647. The van der Waals surface area contributed by atoms with E-state index in [1.54, 1.807) is 12.1 Å². The van der Waals surface area contributed by atoms with E-state index in [0.29, 0.717) is 5.69 Å². The van der Waals surface area contributed by atoms with E-state index in [2.05, 4.69) is 5.32 Å². The molecule has 0 heterocycles. The highest BCUT2D eigenvalue weighted by Crippen LogP contribution is 2.38. The van der Waals surface area contributed by atoms with Gasteiger partial charge >= 0.3 is 0 Å². The third-order valence-corrected chi connectivity index (χ3v) is 7.18. The summed E-state index contributed by atoms with van der Waals surface area (Å²) in [6.07, 6.45) is 4.84. The Kier molecular flexibility index (Phi) is 5.31. The van der Waals surface area contributed by atoms with Gasteiger partial charge in [0.25, 0.3) is 0 Å². The number of hydrogen-bond acceptors (Lipinski definition) is 5. The maximum atomic E-state index is 13.2. The first-order chi connectivity index (χ1) is 12.6. The molecule has 0 amide bonds. The second kappa shape index (κ2) is 7.24. The highest BCUT2D eigenvalue weighted by molar-refractivity contribution is 7.91. The second-order valence-electron chi connectivity index (χ2n) is 7.04. The molecule has 1 aliphatic carbocycles. The smallest absolute Gasteiger partial charge is 0.177 e. The Hall–Kier alpha value is -1.93. The number of anilines is 1. The first kappa shape index (κ1) is 19.8. The van der Waals surface area contributed by atoms with E-state index in [1.165, 1.54) is 30.3 Å². The summed E-state index contributed by atoms with van der Waals surface area (Å²) in [5, 5.41) is 3.29. The van der Waals surface area contributed by atoms with Gasteiger partial charge in [0, 0.05) is 24.5 Å². The largest absolute Gasteiger partial charge is 0.381 e. The lowest BCUT2D eigenvalue weighted by molar-refractivity contribution is 0.599. The van der Waals surface area contributed by atoms with Gasteiger partial charge in [-0.05, 0) is 48.7 Å². The van der Waals surface area contributed by atoms with Crippen LogP contribution in [0.3, 0.4) is 0 Å². The summed E-state index contributed by atoms with van der Waals surface area (Å²) in [6.45, 7) is 0. The van der Waals surface area contributed by atoms with Gasteiger partial charge in [0.1, 0.15) is 5.82 Å². The van der Waals surface area contributed by atoms with Gasteiger partial charge in [0.05, 0.1) is 15.5 Å². The van der Waals surface area contributed by atoms with Gasteiger partial charge in [-0.25, -0.2) is 21.2 Å². The maximum absolute atomic E-state index is 13.2. The van der Waals surface area contributed by atoms with Crippen LogP contribution >= 0.6 is 0 Å². The molecule has 8 heteroatoms. The normalized spacial score (nSPS) is 20.6. The van der Waals surface area contributed by atoms with Crippen molar-refractivity contribution >= 4 is 25.4 Å². The van der Waals surface area contributed by atoms with Crippen LogP contribution < -0.4 is 5.32 Å². The summed E-state index contributed by atoms with van der Waals surface area (Å²) in [7, 11) is -7.14. The molecule has 1 aliphatic rings. The summed E-state index contributed by atoms with van der Waals surface area (Å²) < 4.78 is 61.2. The summed E-state index contributed by atoms with van der Waals surface area (Å²) in [5.74, 6) is -0.162. The van der Waals surface area contributed by atoms with Crippen LogP contribution in [0, 0.1) is 5.82 Å². The molecule has 0 saturated heterocycles. The van der Waals surface area contributed by atoms with Gasteiger partial charge in [-0.2, -0.15) is 0 Å². The van der Waals surface area contributed by atoms with Crippen molar-refractivity contribution in [2.75, 3.05) is 17.8 Å². The second-order valence-corrected chi connectivity index (χ2v) is 11.0. The van der Waals surface area contributed by atoms with E-state index in [-0.39, 0.29) is 27.6 Å². The minimum Gasteiger partial charge on any atom is -0.381 e. The molecule has 0 aromatic heterocycles. The lowest BCUT2D eigenvalue weighted by atomic mass is 9.94. The SMILES string of the molecule is CS(=O)(=O)c1ccc(NC2CCCC2c2ccc(F)cc2)c(S(C)(=O)=O)c1. The Labute approximate surface area is 159 Å². The summed E-state index contributed by atoms with van der Waals surface area (Å²) >= 11 is 0. The lowest BCUT2D eigenvalue weighted by Crippen LogP contribution is -2.23. The topological polar surface area (TPSA) is 80.3 Å². The number of halogens is 1. The van der Waals surface area contributed by atoms with Crippen molar-refractivity contribution in [2.45, 2.75) is 41.0 Å². The monoisotopic (exact) mass is 411 g/mol. The zero-order chi connectivity index (χ0) is 19.8. The van der Waals surface area contributed by atoms with Gasteiger partial charge in [-0.3, -0.25) is 0 Å². The van der Waals surface area contributed by atoms with Crippen LogP contribution in [-0.4, -0.2) is 35.4 Å². The Bertz CT molecular complexity index is 1050. The van der Waals surface area contributed by atoms with Crippen molar-refractivity contribution in [1.29, 1.82) is 0 Å². The van der Waals surface area contributed by atoms with Gasteiger partial charge in [0.15, 0.2) is 19.7 Å². The predicted molar refractivity (Wildman–Crippen MR) is 103 cm³/mol. The van der Waals surface area contributed by atoms with Crippen molar-refractivity contribution in [3.05, 3.63) is 53.8 Å². The molecule has 0 aliphatic heterocycles. The van der Waals surface area contributed by atoms with Crippen LogP contribution in [0.25, 0.3) is 0 Å². The van der Waals surface area contributed by atoms with Crippen LogP contribution in [0.15, 0.2) is 52.3 Å². The van der Waals surface area contributed by atoms with Crippen LogP contribution in [0.1, 0.15) is 30.7 Å². The number of benzene rings is 2. The predicted octanol–water partition coefficient (Wildman–Crippen LogP) is 3.38. The fourth-order valence-corrected chi connectivity index (χ4v) is 5.19. The molecule has 27 heavy (non-hydrogen) atoms. The number of hydrogen-bond donors (Lipinski definition) is 1. The first-order valence-electron chi connectivity index (χ1n) is 8.62. The van der Waals surface area contributed by atoms with Crippen molar-refractivity contribution in [2.24, 2.45) is 0 Å². The zero-order valence-corrected chi connectivity index (χ0v) is 16.8. The molecule has 2 aromatic rings. The zero-order valence-electron chi connectivity index (χ0n) is 15.1. The Morgan fingerprint density at radius 2 is 1.59 bits per heavy atom. The lowest BCUT2D eigenvalue weighted by Gasteiger charge is -2.24. The van der Waals surface area contributed by atoms with E-state index >= 15 is 0 Å². The molecule has 1 saturated carbocycles. The van der Waals surface area contributed by atoms with E-state index in [9.17, 15) is 21.2 Å². The molecule has 1 N–H and O–H groups in total. The fraction of sp³-hybridized carbons (Fsp3) is 0.368. The fourth-order valence-electron chi connectivity index (χ4n) is 3.60. The standard InChI is InChI=1S/C19H22FNO4S2/c1-26(22,23)15-10-11-18(19(12-15)27(2,24)25)21-17-5-3-4-16(17)13-6-8-14(20)9-7-13/h6-12,16-17,21H,3-5H2,1-2H3. The van der Waals surface area contributed by atoms with Crippen LogP contribution in [0.4, 0.5) is 10.1 Å². The molecule has 146 valence electrons. The summed E-state index contributed by atoms with van der Waals surface area (Å²) in [6, 6.07) is 10.5. The van der Waals surface area contributed by atoms with Gasteiger partial charge < -0.3 is 5.32 Å². The quantitative estimate of drug-likeness (QED) is 0.816. The molecule has 1 fully saturated rings. The minimum atomic E-state index is -3.62. The number of nitrogens with one attached hydrogen (secondary N) is 1. The minimum absolute atomic E-state index is 0.0138. The van der Waals surface area contributed by atoms with E-state index in [0.717, 1.165) is 37.3 Å². The van der Waals surface area contributed by atoms with Crippen LogP contribution in [0.2, 0.25) is 0 Å². The number of rotatable bonds is 5. The molecular weight excluding hydrogens is 389 g/mol. The van der Waals surface area contributed by atoms with Crippen molar-refractivity contribution in [3.63, 3.8) is 0 Å². The van der Waals surface area contributed by atoms with Gasteiger partial charge in [0.2, 0.25) is 0 Å². The van der Waals surface area contributed by atoms with Crippen molar-refractivity contribution in [3.8, 4) is 0 Å². The van der Waals surface area contributed by atoms with E-state index in [1.807, 2.05) is 0 Å². The van der Waals surface area contributed by atoms with E-state index < -0.39 is 19.7 Å². The van der Waals surface area contributed by atoms with Crippen LogP contribution in [-0.2, 0) is 19.7 Å². The van der Waals surface area contributed by atoms with Crippen molar-refractivity contribution in [1.82, 2.24) is 0 Å². The Morgan fingerprint density at radius 3 is 2.19 bits per heavy atom. The molecule has 5 nitrogen and oxygen atoms in total. The van der Waals surface area contributed by atoms with Gasteiger partial charge in [-0.1, -0.05) is 18.6 Å². The Balaban J connectivity index is 1.95. The molecule has 0 spiro atoms. The third-order valence-electron chi connectivity index (χ3n) is 4.94. The molecule has 2 aromatic carbocycles. The molecular formula is C19H22FNO4S2. The molecule has 3 rings (SSSR count). The first-order valence-corrected chi connectivity index (χ1v) is 12.4. The van der Waals surface area contributed by atoms with Crippen molar-refractivity contribution < 1.29 is 21.2 Å². The highest BCUT2D eigenvalue weighted by Gasteiger charge is 2.30. The van der Waals surface area contributed by atoms with E-state index in [4.69, 9.17) is 0 Å². The third kappa shape index (κ3) is 4.50. The highest BCUT2D eigenvalue weighted by atomic mass is 32.2. The molecule has 2 unspecified atom stereocenters. The summed E-state index contributed by atoms with van der Waals surface area (Å²) in [5.41, 5.74) is 1.39. The average molecular weight is 412 g/mol. The maximum Gasteiger partial charge on any atom is 0.177 e. The Morgan fingerprint density at radius 1 is 0.926 bits per heavy atom. The molecule has 2 atom stereocenters. The van der Waals surface area contributed by atoms with Gasteiger partial charge in [-0.15, -0.1) is 0 Å². The molecule has 0 bridgehead atoms.